The van der Waals surface area contributed by atoms with Gasteiger partial charge in [0.1, 0.15) is 4.32 Å². The molecule has 2 aromatic carbocycles. The molecule has 0 atom stereocenters. The van der Waals surface area contributed by atoms with Crippen LogP contribution in [0.25, 0.3) is 0 Å². The second kappa shape index (κ2) is 10.7. The number of nitrogens with zero attached hydrogens (tertiary/aromatic N) is 2. The first-order valence-corrected chi connectivity index (χ1v) is 10.8. The van der Waals surface area contributed by atoms with Crippen LogP contribution in [0.3, 0.4) is 0 Å². The molecule has 3 rings (SSSR count). The van der Waals surface area contributed by atoms with E-state index in [1.54, 1.807) is 40.3 Å². The Morgan fingerprint density at radius 2 is 1.70 bits per heavy atom. The quantitative estimate of drug-likeness (QED) is 0.346. The van der Waals surface area contributed by atoms with Crippen LogP contribution in [0.15, 0.2) is 96.1 Å². The van der Waals surface area contributed by atoms with Crippen molar-refractivity contribution in [1.29, 1.82) is 0 Å². The van der Waals surface area contributed by atoms with E-state index in [1.165, 1.54) is 24.2 Å². The summed E-state index contributed by atoms with van der Waals surface area (Å²) in [5.74, 6) is -0.144. The maximum absolute atomic E-state index is 12.6. The SMILES string of the molecule is CC(=O)N(/C=C/C=C/C=C1/SC(=S)N(CCc2ccccc2)C1=O)c1ccccc1. The van der Waals surface area contributed by atoms with Crippen LogP contribution in [0.1, 0.15) is 12.5 Å². The molecule has 2 aromatic rings. The molecule has 1 heterocycles. The van der Waals surface area contributed by atoms with Gasteiger partial charge in [-0.3, -0.25) is 19.4 Å². The highest BCUT2D eigenvalue weighted by molar-refractivity contribution is 8.26. The van der Waals surface area contributed by atoms with Crippen molar-refractivity contribution in [3.8, 4) is 0 Å². The molecule has 0 radical (unpaired) electrons. The van der Waals surface area contributed by atoms with Gasteiger partial charge >= 0.3 is 0 Å². The Morgan fingerprint density at radius 3 is 2.37 bits per heavy atom. The molecule has 0 bridgehead atoms. The fraction of sp³-hybridized carbons (Fsp3) is 0.125. The minimum atomic E-state index is -0.0786. The van der Waals surface area contributed by atoms with Gasteiger partial charge in [-0.25, -0.2) is 0 Å². The Kier molecular flexibility index (Phi) is 7.76. The summed E-state index contributed by atoms with van der Waals surface area (Å²) < 4.78 is 0.581. The summed E-state index contributed by atoms with van der Waals surface area (Å²) in [5.41, 5.74) is 1.97. The van der Waals surface area contributed by atoms with Crippen molar-refractivity contribution in [2.45, 2.75) is 13.3 Å². The Bertz CT molecular complexity index is 998. The minimum absolute atomic E-state index is 0.0655. The zero-order valence-corrected chi connectivity index (χ0v) is 18.2. The van der Waals surface area contributed by atoms with Gasteiger partial charge in [0, 0.05) is 25.4 Å². The van der Waals surface area contributed by atoms with E-state index >= 15 is 0 Å². The maximum atomic E-state index is 12.6. The van der Waals surface area contributed by atoms with Crippen LogP contribution in [-0.2, 0) is 16.0 Å². The molecule has 0 saturated carbocycles. The van der Waals surface area contributed by atoms with Gasteiger partial charge in [0.2, 0.25) is 5.91 Å². The summed E-state index contributed by atoms with van der Waals surface area (Å²) in [6, 6.07) is 19.5. The van der Waals surface area contributed by atoms with Crippen molar-refractivity contribution in [3.05, 3.63) is 102 Å². The van der Waals surface area contributed by atoms with Crippen LogP contribution < -0.4 is 4.90 Å². The molecular weight excluding hydrogens is 412 g/mol. The molecule has 6 heteroatoms. The molecule has 30 heavy (non-hydrogen) atoms. The molecule has 0 aromatic heterocycles. The Labute approximate surface area is 186 Å². The molecule has 1 aliphatic rings. The van der Waals surface area contributed by atoms with E-state index in [9.17, 15) is 9.59 Å². The maximum Gasteiger partial charge on any atom is 0.266 e. The number of thiocarbonyl (C=S) groups is 1. The molecule has 2 amide bonds. The number of thioether (sulfide) groups is 1. The third-order valence-electron chi connectivity index (χ3n) is 4.42. The normalized spacial score (nSPS) is 15.6. The second-order valence-electron chi connectivity index (χ2n) is 6.54. The minimum Gasteiger partial charge on any atom is -0.293 e. The van der Waals surface area contributed by atoms with Crippen molar-refractivity contribution in [1.82, 2.24) is 4.90 Å². The van der Waals surface area contributed by atoms with Gasteiger partial charge in [-0.2, -0.15) is 0 Å². The van der Waals surface area contributed by atoms with Crippen LogP contribution in [0, 0.1) is 0 Å². The smallest absolute Gasteiger partial charge is 0.266 e. The van der Waals surface area contributed by atoms with Crippen molar-refractivity contribution in [3.63, 3.8) is 0 Å². The topological polar surface area (TPSA) is 40.6 Å². The van der Waals surface area contributed by atoms with Gasteiger partial charge in [0.05, 0.1) is 4.91 Å². The lowest BCUT2D eigenvalue weighted by Gasteiger charge is -2.15. The first-order chi connectivity index (χ1) is 14.6. The molecule has 152 valence electrons. The number of carbonyl (C=O) groups excluding carboxylic acids is 2. The van der Waals surface area contributed by atoms with Gasteiger partial charge < -0.3 is 0 Å². The molecular formula is C24H22N2O2S2. The number of rotatable bonds is 7. The molecule has 0 spiro atoms. The largest absolute Gasteiger partial charge is 0.293 e. The molecule has 1 saturated heterocycles. The van der Waals surface area contributed by atoms with E-state index in [0.29, 0.717) is 15.8 Å². The number of anilines is 1. The van der Waals surface area contributed by atoms with E-state index in [2.05, 4.69) is 0 Å². The summed E-state index contributed by atoms with van der Waals surface area (Å²) in [4.78, 5) is 28.3. The number of hydrogen-bond acceptors (Lipinski definition) is 4. The lowest BCUT2D eigenvalue weighted by molar-refractivity contribution is -0.122. The van der Waals surface area contributed by atoms with E-state index in [-0.39, 0.29) is 11.8 Å². The predicted molar refractivity (Wildman–Crippen MR) is 128 cm³/mol. The second-order valence-corrected chi connectivity index (χ2v) is 8.22. The van der Waals surface area contributed by atoms with Crippen molar-refractivity contribution >= 4 is 45.8 Å². The summed E-state index contributed by atoms with van der Waals surface area (Å²) in [6.07, 6.45) is 9.55. The predicted octanol–water partition coefficient (Wildman–Crippen LogP) is 5.10. The monoisotopic (exact) mass is 434 g/mol. The standard InChI is InChI=1S/C24H22N2O2S2/c1-19(27)25(21-13-7-3-8-14-21)17-10-4-9-15-22-23(28)26(24(29)30-22)18-16-20-11-5-2-6-12-20/h2-15,17H,16,18H2,1H3/b9-4+,17-10+,22-15+. The van der Waals surface area contributed by atoms with Crippen LogP contribution >= 0.6 is 24.0 Å². The molecule has 0 N–H and O–H groups in total. The summed E-state index contributed by atoms with van der Waals surface area (Å²) in [5, 5.41) is 0. The molecule has 4 nitrogen and oxygen atoms in total. The fourth-order valence-electron chi connectivity index (χ4n) is 2.90. The number of para-hydroxylation sites is 1. The number of carbonyl (C=O) groups is 2. The number of hydrogen-bond donors (Lipinski definition) is 0. The third-order valence-corrected chi connectivity index (χ3v) is 5.82. The van der Waals surface area contributed by atoms with E-state index in [4.69, 9.17) is 12.2 Å². The summed E-state index contributed by atoms with van der Waals surface area (Å²) in [6.45, 7) is 2.09. The molecule has 0 unspecified atom stereocenters. The van der Waals surface area contributed by atoms with Crippen LogP contribution in [-0.4, -0.2) is 27.6 Å². The number of amides is 2. The van der Waals surface area contributed by atoms with Crippen LogP contribution in [0.5, 0.6) is 0 Å². The fourth-order valence-corrected chi connectivity index (χ4v) is 4.16. The zero-order valence-electron chi connectivity index (χ0n) is 16.6. The Hall–Kier alpha value is -2.96. The lowest BCUT2D eigenvalue weighted by atomic mass is 10.1. The molecule has 1 fully saturated rings. The first kappa shape index (κ1) is 21.7. The highest BCUT2D eigenvalue weighted by Crippen LogP contribution is 2.31. The highest BCUT2D eigenvalue weighted by atomic mass is 32.2. The summed E-state index contributed by atoms with van der Waals surface area (Å²) >= 11 is 6.69. The van der Waals surface area contributed by atoms with Crippen molar-refractivity contribution in [2.24, 2.45) is 0 Å². The highest BCUT2D eigenvalue weighted by Gasteiger charge is 2.31. The van der Waals surface area contributed by atoms with E-state index in [1.807, 2.05) is 60.7 Å². The van der Waals surface area contributed by atoms with E-state index < -0.39 is 0 Å². The average molecular weight is 435 g/mol. The van der Waals surface area contributed by atoms with Crippen LogP contribution in [0.4, 0.5) is 5.69 Å². The van der Waals surface area contributed by atoms with Gasteiger partial charge in [0.15, 0.2) is 0 Å². The first-order valence-electron chi connectivity index (χ1n) is 9.54. The van der Waals surface area contributed by atoms with Gasteiger partial charge in [-0.15, -0.1) is 0 Å². The van der Waals surface area contributed by atoms with E-state index in [0.717, 1.165) is 12.1 Å². The van der Waals surface area contributed by atoms with Gasteiger partial charge in [-0.1, -0.05) is 84.7 Å². The van der Waals surface area contributed by atoms with Gasteiger partial charge in [0.25, 0.3) is 5.91 Å². The summed E-state index contributed by atoms with van der Waals surface area (Å²) in [7, 11) is 0. The molecule has 1 aliphatic heterocycles. The lowest BCUT2D eigenvalue weighted by Crippen LogP contribution is -2.30. The Morgan fingerprint density at radius 1 is 1.03 bits per heavy atom. The van der Waals surface area contributed by atoms with Gasteiger partial charge in [-0.05, 0) is 36.3 Å². The number of allylic oxidation sites excluding steroid dienone is 4. The van der Waals surface area contributed by atoms with Crippen molar-refractivity contribution < 1.29 is 9.59 Å². The number of benzene rings is 2. The van der Waals surface area contributed by atoms with Crippen molar-refractivity contribution in [2.75, 3.05) is 11.4 Å². The third kappa shape index (κ3) is 5.78. The Balaban J connectivity index is 1.59. The average Bonchev–Trinajstić information content (AvgIpc) is 3.03. The van der Waals surface area contributed by atoms with Crippen LogP contribution in [0.2, 0.25) is 0 Å². The molecule has 0 aliphatic carbocycles. The zero-order chi connectivity index (χ0) is 21.3.